The summed E-state index contributed by atoms with van der Waals surface area (Å²) in [6, 6.07) is 9.49. The minimum Gasteiger partial charge on any atom is -0.493 e. The maximum atomic E-state index is 14.3. The number of hydrogen-bond donors (Lipinski definition) is 1. The Balaban J connectivity index is 2.16. The SMILES string of the molecule is COCCOC(=O)C1=C(C)N(c2ccc(C)c(F)c2)C(=S)NC1c1cccc(OC)c1OC. The van der Waals surface area contributed by atoms with Crippen molar-refractivity contribution in [2.45, 2.75) is 19.9 Å². The Bertz CT molecular complexity index is 1090. The minimum absolute atomic E-state index is 0.0810. The summed E-state index contributed by atoms with van der Waals surface area (Å²) >= 11 is 5.64. The third-order valence-corrected chi connectivity index (χ3v) is 5.68. The van der Waals surface area contributed by atoms with Crippen LogP contribution < -0.4 is 19.7 Å². The van der Waals surface area contributed by atoms with Crippen molar-refractivity contribution < 1.29 is 28.1 Å². The van der Waals surface area contributed by atoms with Gasteiger partial charge in [-0.05, 0) is 49.8 Å². The third kappa shape index (κ3) is 4.94. The average molecular weight is 475 g/mol. The fraction of sp³-hybridized carbons (Fsp3) is 0.333. The van der Waals surface area contributed by atoms with Crippen LogP contribution in [0.15, 0.2) is 47.7 Å². The van der Waals surface area contributed by atoms with Gasteiger partial charge in [0.1, 0.15) is 12.4 Å². The van der Waals surface area contributed by atoms with Gasteiger partial charge in [0.05, 0.1) is 38.1 Å². The lowest BCUT2D eigenvalue weighted by Gasteiger charge is -2.38. The molecule has 0 fully saturated rings. The normalized spacial score (nSPS) is 15.9. The second-order valence-corrected chi connectivity index (χ2v) is 7.75. The van der Waals surface area contributed by atoms with E-state index in [2.05, 4.69) is 5.32 Å². The Morgan fingerprint density at radius 2 is 1.88 bits per heavy atom. The molecule has 2 aromatic rings. The molecule has 0 bridgehead atoms. The van der Waals surface area contributed by atoms with Crippen LogP contribution in [0.2, 0.25) is 0 Å². The summed E-state index contributed by atoms with van der Waals surface area (Å²) in [5, 5.41) is 3.51. The Morgan fingerprint density at radius 3 is 2.52 bits per heavy atom. The van der Waals surface area contributed by atoms with E-state index < -0.39 is 12.0 Å². The molecule has 33 heavy (non-hydrogen) atoms. The predicted molar refractivity (Wildman–Crippen MR) is 127 cm³/mol. The molecule has 0 radical (unpaired) electrons. The monoisotopic (exact) mass is 474 g/mol. The number of ether oxygens (including phenoxy) is 4. The van der Waals surface area contributed by atoms with Gasteiger partial charge in [0, 0.05) is 18.4 Å². The number of carbonyl (C=O) groups is 1. The zero-order chi connectivity index (χ0) is 24.1. The number of nitrogens with one attached hydrogen (secondary N) is 1. The van der Waals surface area contributed by atoms with Crippen LogP contribution in [0.4, 0.5) is 10.1 Å². The van der Waals surface area contributed by atoms with Gasteiger partial charge in [-0.2, -0.15) is 0 Å². The highest BCUT2D eigenvalue weighted by atomic mass is 32.1. The van der Waals surface area contributed by atoms with Crippen LogP contribution in [0.5, 0.6) is 11.5 Å². The topological polar surface area (TPSA) is 69.3 Å². The molecule has 0 saturated carbocycles. The molecule has 1 aliphatic heterocycles. The largest absolute Gasteiger partial charge is 0.493 e. The molecule has 1 atom stereocenters. The molecule has 0 aromatic heterocycles. The number of methoxy groups -OCH3 is 3. The predicted octanol–water partition coefficient (Wildman–Crippen LogP) is 4.05. The number of aryl methyl sites for hydroxylation is 1. The molecule has 0 spiro atoms. The van der Waals surface area contributed by atoms with Gasteiger partial charge in [-0.1, -0.05) is 18.2 Å². The first-order valence-electron chi connectivity index (χ1n) is 10.3. The summed E-state index contributed by atoms with van der Waals surface area (Å²) in [6.45, 7) is 3.76. The van der Waals surface area contributed by atoms with Crippen molar-refractivity contribution in [2.24, 2.45) is 0 Å². The van der Waals surface area contributed by atoms with E-state index in [1.165, 1.54) is 27.4 Å². The van der Waals surface area contributed by atoms with E-state index in [0.29, 0.717) is 44.7 Å². The molecule has 176 valence electrons. The molecule has 1 unspecified atom stereocenters. The van der Waals surface area contributed by atoms with Crippen LogP contribution >= 0.6 is 12.2 Å². The van der Waals surface area contributed by atoms with E-state index in [1.54, 1.807) is 43.0 Å². The Kier molecular flexibility index (Phi) is 7.88. The fourth-order valence-corrected chi connectivity index (χ4v) is 4.07. The number of esters is 1. The smallest absolute Gasteiger partial charge is 0.338 e. The van der Waals surface area contributed by atoms with Crippen LogP contribution in [0, 0.1) is 12.7 Å². The van der Waals surface area contributed by atoms with E-state index in [1.807, 2.05) is 6.07 Å². The summed E-state index contributed by atoms with van der Waals surface area (Å²) in [6.07, 6.45) is 0. The van der Waals surface area contributed by atoms with Crippen LogP contribution in [-0.2, 0) is 14.3 Å². The van der Waals surface area contributed by atoms with Crippen molar-refractivity contribution in [3.63, 3.8) is 0 Å². The van der Waals surface area contributed by atoms with Gasteiger partial charge in [-0.25, -0.2) is 9.18 Å². The quantitative estimate of drug-likeness (QED) is 0.349. The van der Waals surface area contributed by atoms with Crippen molar-refractivity contribution >= 4 is 29.0 Å². The average Bonchev–Trinajstić information content (AvgIpc) is 2.80. The molecule has 3 rings (SSSR count). The van der Waals surface area contributed by atoms with Gasteiger partial charge in [-0.3, -0.25) is 4.90 Å². The van der Waals surface area contributed by atoms with Gasteiger partial charge in [0.25, 0.3) is 0 Å². The van der Waals surface area contributed by atoms with Gasteiger partial charge < -0.3 is 24.3 Å². The molecular weight excluding hydrogens is 447 g/mol. The number of hydrogen-bond acceptors (Lipinski definition) is 6. The minimum atomic E-state index is -0.677. The zero-order valence-electron chi connectivity index (χ0n) is 19.2. The second kappa shape index (κ2) is 10.6. The molecule has 0 amide bonds. The van der Waals surface area contributed by atoms with Gasteiger partial charge in [0.2, 0.25) is 0 Å². The number of rotatable bonds is 8. The standard InChI is InChI=1S/C24H27FN2O5S/c1-14-9-10-16(13-18(14)25)27-15(2)20(23(28)32-12-11-29-3)21(26-24(27)33)17-7-6-8-19(30-4)22(17)31-5/h6-10,13,21H,11-12H2,1-5H3,(H,26,33). The molecule has 1 aliphatic rings. The van der Waals surface area contributed by atoms with Crippen molar-refractivity contribution in [3.05, 3.63) is 64.6 Å². The number of nitrogens with zero attached hydrogens (tertiary/aromatic N) is 1. The van der Waals surface area contributed by atoms with Crippen LogP contribution in [0.25, 0.3) is 0 Å². The molecule has 0 aliphatic carbocycles. The van der Waals surface area contributed by atoms with Gasteiger partial charge >= 0.3 is 5.97 Å². The van der Waals surface area contributed by atoms with E-state index >= 15 is 0 Å². The van der Waals surface area contributed by atoms with Crippen LogP contribution in [0.1, 0.15) is 24.1 Å². The Labute approximate surface area is 198 Å². The number of thiocarbonyl (C=S) groups is 1. The van der Waals surface area contributed by atoms with Crippen molar-refractivity contribution in [3.8, 4) is 11.5 Å². The first kappa shape index (κ1) is 24.5. The summed E-state index contributed by atoms with van der Waals surface area (Å²) in [5.41, 5.74) is 2.47. The van der Waals surface area contributed by atoms with Gasteiger partial charge in [-0.15, -0.1) is 0 Å². The molecule has 0 saturated heterocycles. The highest BCUT2D eigenvalue weighted by Gasteiger charge is 2.37. The molecule has 1 N–H and O–H groups in total. The molecule has 7 nitrogen and oxygen atoms in total. The third-order valence-electron chi connectivity index (χ3n) is 5.38. The molecule has 1 heterocycles. The number of anilines is 1. The molecule has 2 aromatic carbocycles. The highest BCUT2D eigenvalue weighted by molar-refractivity contribution is 7.80. The van der Waals surface area contributed by atoms with Crippen molar-refractivity contribution in [1.29, 1.82) is 0 Å². The van der Waals surface area contributed by atoms with Crippen LogP contribution in [-0.4, -0.2) is 45.6 Å². The summed E-state index contributed by atoms with van der Waals surface area (Å²) < 4.78 is 35.8. The number of allylic oxidation sites excluding steroid dienone is 1. The van der Waals surface area contributed by atoms with Crippen LogP contribution in [0.3, 0.4) is 0 Å². The lowest BCUT2D eigenvalue weighted by molar-refractivity contribution is -0.140. The lowest BCUT2D eigenvalue weighted by atomic mass is 9.93. The molecule has 9 heteroatoms. The Morgan fingerprint density at radius 1 is 1.12 bits per heavy atom. The van der Waals surface area contributed by atoms with E-state index in [9.17, 15) is 9.18 Å². The van der Waals surface area contributed by atoms with E-state index in [0.717, 1.165) is 0 Å². The number of halogens is 1. The summed E-state index contributed by atoms with van der Waals surface area (Å²) in [5.74, 6) is 0.0524. The summed E-state index contributed by atoms with van der Waals surface area (Å²) in [7, 11) is 4.59. The first-order valence-corrected chi connectivity index (χ1v) is 10.7. The maximum absolute atomic E-state index is 14.3. The molecular formula is C24H27FN2O5S. The number of carbonyl (C=O) groups excluding carboxylic acids is 1. The zero-order valence-corrected chi connectivity index (χ0v) is 20.0. The van der Waals surface area contributed by atoms with Gasteiger partial charge in [0.15, 0.2) is 16.6 Å². The Hall–Kier alpha value is -3.17. The first-order chi connectivity index (χ1) is 15.8. The fourth-order valence-electron chi connectivity index (χ4n) is 3.71. The van der Waals surface area contributed by atoms with Crippen molar-refractivity contribution in [1.82, 2.24) is 5.32 Å². The maximum Gasteiger partial charge on any atom is 0.338 e. The van der Waals surface area contributed by atoms with E-state index in [4.69, 9.17) is 31.2 Å². The number of benzene rings is 2. The summed E-state index contributed by atoms with van der Waals surface area (Å²) in [4.78, 5) is 14.9. The van der Waals surface area contributed by atoms with E-state index in [-0.39, 0.29) is 19.0 Å². The number of para-hydroxylation sites is 1. The van der Waals surface area contributed by atoms with Crippen molar-refractivity contribution in [2.75, 3.05) is 39.4 Å². The second-order valence-electron chi connectivity index (χ2n) is 7.36. The highest BCUT2D eigenvalue weighted by Crippen LogP contribution is 2.41. The lowest BCUT2D eigenvalue weighted by Crippen LogP contribution is -2.48.